The summed E-state index contributed by atoms with van der Waals surface area (Å²) in [6.07, 6.45) is 10.00. The van der Waals surface area contributed by atoms with Gasteiger partial charge < -0.3 is 10.1 Å². The molecule has 1 heterocycles. The lowest BCUT2D eigenvalue weighted by molar-refractivity contribution is -0.141. The van der Waals surface area contributed by atoms with Crippen molar-refractivity contribution < 1.29 is 14.3 Å². The Hall–Kier alpha value is -1.06. The van der Waals surface area contributed by atoms with Crippen molar-refractivity contribution in [2.45, 2.75) is 63.8 Å². The number of nitrogens with one attached hydrogen (secondary N) is 1. The van der Waals surface area contributed by atoms with Crippen molar-refractivity contribution >= 4 is 11.9 Å². The molecule has 0 radical (unpaired) electrons. The standard InChI is InChI=1S/C14H23NO3/c16-13(15-12-9-10-18-14(12)17)8-4-7-11-5-2-1-3-6-11/h11-12H,1-10H2,(H,15,16)/t12-/m1/s1. The molecule has 0 aromatic rings. The van der Waals surface area contributed by atoms with Gasteiger partial charge in [0.25, 0.3) is 0 Å². The fourth-order valence-corrected chi connectivity index (χ4v) is 2.92. The first-order valence-electron chi connectivity index (χ1n) is 7.21. The van der Waals surface area contributed by atoms with Crippen LogP contribution in [0.15, 0.2) is 0 Å². The largest absolute Gasteiger partial charge is 0.464 e. The Morgan fingerprint density at radius 2 is 2.00 bits per heavy atom. The summed E-state index contributed by atoms with van der Waals surface area (Å²) < 4.78 is 4.81. The lowest BCUT2D eigenvalue weighted by Gasteiger charge is -2.21. The molecule has 1 amide bonds. The number of hydrogen-bond acceptors (Lipinski definition) is 3. The van der Waals surface area contributed by atoms with Crippen molar-refractivity contribution in [3.8, 4) is 0 Å². The van der Waals surface area contributed by atoms with E-state index in [0.717, 1.165) is 18.8 Å². The summed E-state index contributed by atoms with van der Waals surface area (Å²) in [5.41, 5.74) is 0. The summed E-state index contributed by atoms with van der Waals surface area (Å²) >= 11 is 0. The Kier molecular flexibility index (Phi) is 5.02. The number of esters is 1. The molecular weight excluding hydrogens is 230 g/mol. The van der Waals surface area contributed by atoms with Crippen molar-refractivity contribution in [2.24, 2.45) is 5.92 Å². The maximum Gasteiger partial charge on any atom is 0.328 e. The van der Waals surface area contributed by atoms with E-state index in [-0.39, 0.29) is 11.9 Å². The maximum atomic E-state index is 11.7. The number of ether oxygens (including phenoxy) is 1. The van der Waals surface area contributed by atoms with E-state index < -0.39 is 6.04 Å². The number of rotatable bonds is 5. The van der Waals surface area contributed by atoms with Crippen LogP contribution in [0.4, 0.5) is 0 Å². The van der Waals surface area contributed by atoms with Crippen LogP contribution in [0.25, 0.3) is 0 Å². The minimum absolute atomic E-state index is 0.00494. The summed E-state index contributed by atoms with van der Waals surface area (Å²) in [7, 11) is 0. The van der Waals surface area contributed by atoms with Gasteiger partial charge in [0.2, 0.25) is 5.91 Å². The van der Waals surface area contributed by atoms with Crippen LogP contribution in [0.2, 0.25) is 0 Å². The van der Waals surface area contributed by atoms with Gasteiger partial charge in [-0.1, -0.05) is 32.1 Å². The molecule has 4 heteroatoms. The quantitative estimate of drug-likeness (QED) is 0.764. The van der Waals surface area contributed by atoms with E-state index in [4.69, 9.17) is 4.74 Å². The average molecular weight is 253 g/mol. The van der Waals surface area contributed by atoms with Crippen LogP contribution in [-0.2, 0) is 14.3 Å². The normalized spacial score (nSPS) is 24.9. The fourth-order valence-electron chi connectivity index (χ4n) is 2.92. The monoisotopic (exact) mass is 253 g/mol. The minimum Gasteiger partial charge on any atom is -0.464 e. The predicted molar refractivity (Wildman–Crippen MR) is 67.9 cm³/mol. The predicted octanol–water partition coefficient (Wildman–Crippen LogP) is 2.17. The van der Waals surface area contributed by atoms with Gasteiger partial charge in [0.05, 0.1) is 6.61 Å². The number of hydrogen-bond donors (Lipinski definition) is 1. The van der Waals surface area contributed by atoms with Crippen LogP contribution in [0.5, 0.6) is 0 Å². The van der Waals surface area contributed by atoms with Crippen molar-refractivity contribution in [1.29, 1.82) is 0 Å². The summed E-state index contributed by atoms with van der Waals surface area (Å²) in [5, 5.41) is 2.75. The first-order chi connectivity index (χ1) is 8.75. The highest BCUT2D eigenvalue weighted by Gasteiger charge is 2.27. The van der Waals surface area contributed by atoms with Crippen LogP contribution < -0.4 is 5.32 Å². The molecule has 0 aromatic carbocycles. The molecule has 4 nitrogen and oxygen atoms in total. The summed E-state index contributed by atoms with van der Waals surface area (Å²) in [6.45, 7) is 0.436. The Morgan fingerprint density at radius 3 is 2.67 bits per heavy atom. The lowest BCUT2D eigenvalue weighted by atomic mass is 9.86. The third-order valence-corrected chi connectivity index (χ3v) is 4.01. The van der Waals surface area contributed by atoms with E-state index in [1.807, 2.05) is 0 Å². The molecule has 102 valence electrons. The van der Waals surface area contributed by atoms with Gasteiger partial charge in [0.1, 0.15) is 6.04 Å². The molecule has 1 aliphatic heterocycles. The number of carbonyl (C=O) groups is 2. The van der Waals surface area contributed by atoms with Gasteiger partial charge in [0.15, 0.2) is 0 Å². The highest BCUT2D eigenvalue weighted by atomic mass is 16.5. The molecule has 0 aromatic heterocycles. The molecule has 1 saturated carbocycles. The van der Waals surface area contributed by atoms with Gasteiger partial charge >= 0.3 is 5.97 Å². The third kappa shape index (κ3) is 4.00. The lowest BCUT2D eigenvalue weighted by Crippen LogP contribution is -2.37. The molecule has 0 spiro atoms. The topological polar surface area (TPSA) is 55.4 Å². The van der Waals surface area contributed by atoms with Gasteiger partial charge in [-0.2, -0.15) is 0 Å². The Balaban J connectivity index is 1.58. The molecule has 2 aliphatic rings. The van der Waals surface area contributed by atoms with Crippen molar-refractivity contribution in [3.05, 3.63) is 0 Å². The molecule has 1 aliphatic carbocycles. The highest BCUT2D eigenvalue weighted by molar-refractivity contribution is 5.85. The average Bonchev–Trinajstić information content (AvgIpc) is 2.76. The molecular formula is C14H23NO3. The van der Waals surface area contributed by atoms with Crippen LogP contribution in [-0.4, -0.2) is 24.5 Å². The van der Waals surface area contributed by atoms with Crippen LogP contribution >= 0.6 is 0 Å². The number of amides is 1. The smallest absolute Gasteiger partial charge is 0.328 e. The molecule has 1 N–H and O–H groups in total. The molecule has 1 saturated heterocycles. The number of carbonyl (C=O) groups excluding carboxylic acids is 2. The van der Waals surface area contributed by atoms with Crippen LogP contribution in [0, 0.1) is 5.92 Å². The molecule has 2 rings (SSSR count). The van der Waals surface area contributed by atoms with Gasteiger partial charge in [-0.05, 0) is 18.8 Å². The summed E-state index contributed by atoms with van der Waals surface area (Å²) in [4.78, 5) is 22.9. The van der Waals surface area contributed by atoms with Gasteiger partial charge in [-0.3, -0.25) is 4.79 Å². The third-order valence-electron chi connectivity index (χ3n) is 4.01. The SMILES string of the molecule is O=C(CCCC1CCCCC1)N[C@@H]1CCOC1=O. The zero-order valence-electron chi connectivity index (χ0n) is 11.0. The Labute approximate surface area is 108 Å². The molecule has 1 atom stereocenters. The molecule has 0 unspecified atom stereocenters. The summed E-state index contributed by atoms with van der Waals surface area (Å²) in [5.74, 6) is 0.535. The van der Waals surface area contributed by atoms with Gasteiger partial charge in [-0.25, -0.2) is 4.79 Å². The van der Waals surface area contributed by atoms with E-state index in [2.05, 4.69) is 5.32 Å². The molecule has 2 fully saturated rings. The molecule has 18 heavy (non-hydrogen) atoms. The van der Waals surface area contributed by atoms with Crippen LogP contribution in [0.1, 0.15) is 57.8 Å². The number of cyclic esters (lactones) is 1. The highest BCUT2D eigenvalue weighted by Crippen LogP contribution is 2.27. The minimum atomic E-state index is -0.396. The van der Waals surface area contributed by atoms with Gasteiger partial charge in [0, 0.05) is 12.8 Å². The van der Waals surface area contributed by atoms with E-state index in [9.17, 15) is 9.59 Å². The van der Waals surface area contributed by atoms with Crippen molar-refractivity contribution in [3.63, 3.8) is 0 Å². The Morgan fingerprint density at radius 1 is 1.22 bits per heavy atom. The van der Waals surface area contributed by atoms with Crippen molar-refractivity contribution in [1.82, 2.24) is 5.32 Å². The first kappa shape index (κ1) is 13.4. The second kappa shape index (κ2) is 6.76. The molecule has 0 bridgehead atoms. The van der Waals surface area contributed by atoms with E-state index in [0.29, 0.717) is 19.4 Å². The first-order valence-corrected chi connectivity index (χ1v) is 7.21. The zero-order valence-corrected chi connectivity index (χ0v) is 11.0. The zero-order chi connectivity index (χ0) is 12.8. The second-order valence-corrected chi connectivity index (χ2v) is 5.47. The fraction of sp³-hybridized carbons (Fsp3) is 0.857. The summed E-state index contributed by atoms with van der Waals surface area (Å²) in [6, 6.07) is -0.396. The van der Waals surface area contributed by atoms with E-state index >= 15 is 0 Å². The second-order valence-electron chi connectivity index (χ2n) is 5.47. The van der Waals surface area contributed by atoms with E-state index in [1.165, 1.54) is 32.1 Å². The van der Waals surface area contributed by atoms with Gasteiger partial charge in [-0.15, -0.1) is 0 Å². The van der Waals surface area contributed by atoms with E-state index in [1.54, 1.807) is 0 Å². The van der Waals surface area contributed by atoms with Crippen LogP contribution in [0.3, 0.4) is 0 Å². The van der Waals surface area contributed by atoms with Crippen molar-refractivity contribution in [2.75, 3.05) is 6.61 Å². The maximum absolute atomic E-state index is 11.7. The Bertz CT molecular complexity index is 297.